The summed E-state index contributed by atoms with van der Waals surface area (Å²) in [6.45, 7) is 7.61. The molecule has 2 rings (SSSR count). The summed E-state index contributed by atoms with van der Waals surface area (Å²) in [6, 6.07) is 0. The van der Waals surface area contributed by atoms with E-state index in [0.29, 0.717) is 10.7 Å². The van der Waals surface area contributed by atoms with Crippen LogP contribution >= 0.6 is 11.6 Å². The first kappa shape index (κ1) is 13.6. The minimum atomic E-state index is 0.302. The van der Waals surface area contributed by atoms with E-state index in [1.54, 1.807) is 6.20 Å². The Morgan fingerprint density at radius 2 is 2.11 bits per heavy atom. The van der Waals surface area contributed by atoms with Gasteiger partial charge in [0.25, 0.3) is 0 Å². The summed E-state index contributed by atoms with van der Waals surface area (Å²) in [5.41, 5.74) is 1.38. The number of likely N-dealkylation sites (tertiary alicyclic amines) is 1. The van der Waals surface area contributed by atoms with Gasteiger partial charge in [-0.25, -0.2) is 9.97 Å². The average Bonchev–Trinajstić information content (AvgIpc) is 2.35. The van der Waals surface area contributed by atoms with Crippen LogP contribution in [0.5, 0.6) is 0 Å². The number of hydrogen-bond donors (Lipinski definition) is 1. The van der Waals surface area contributed by atoms with Crippen molar-refractivity contribution in [2.75, 3.05) is 32.0 Å². The van der Waals surface area contributed by atoms with Crippen LogP contribution in [-0.4, -0.2) is 41.5 Å². The zero-order valence-electron chi connectivity index (χ0n) is 11.3. The van der Waals surface area contributed by atoms with E-state index >= 15 is 0 Å². The van der Waals surface area contributed by atoms with Crippen molar-refractivity contribution >= 4 is 17.4 Å². The van der Waals surface area contributed by atoms with Crippen molar-refractivity contribution < 1.29 is 0 Å². The highest BCUT2D eigenvalue weighted by molar-refractivity contribution is 6.28. The third-order valence-electron chi connectivity index (χ3n) is 3.82. The molecule has 1 fully saturated rings. The van der Waals surface area contributed by atoms with E-state index in [4.69, 9.17) is 11.6 Å². The minimum Gasteiger partial charge on any atom is -0.369 e. The molecule has 18 heavy (non-hydrogen) atoms. The van der Waals surface area contributed by atoms with Gasteiger partial charge >= 0.3 is 0 Å². The molecule has 1 aromatic rings. The molecule has 0 saturated carbocycles. The van der Waals surface area contributed by atoms with Gasteiger partial charge in [-0.05, 0) is 56.9 Å². The van der Waals surface area contributed by atoms with Crippen LogP contribution in [0.15, 0.2) is 6.20 Å². The summed E-state index contributed by atoms with van der Waals surface area (Å²) in [5, 5.41) is 3.73. The Kier molecular flexibility index (Phi) is 4.07. The molecule has 1 aromatic heterocycles. The maximum absolute atomic E-state index is 5.82. The molecule has 2 heterocycles. The molecule has 4 nitrogen and oxygen atoms in total. The molecule has 0 unspecified atom stereocenters. The second kappa shape index (κ2) is 5.41. The van der Waals surface area contributed by atoms with E-state index in [9.17, 15) is 0 Å². The van der Waals surface area contributed by atoms with Crippen LogP contribution < -0.4 is 5.32 Å². The number of nitrogens with one attached hydrogen (secondary N) is 1. The van der Waals surface area contributed by atoms with Gasteiger partial charge in [-0.3, -0.25) is 0 Å². The molecule has 0 amide bonds. The van der Waals surface area contributed by atoms with E-state index in [0.717, 1.165) is 17.9 Å². The zero-order valence-corrected chi connectivity index (χ0v) is 12.1. The molecular formula is C13H21ClN4. The standard InChI is InChI=1S/C13H21ClN4/c1-10-8-15-12(14)17-11(10)16-9-13(2)4-6-18(3)7-5-13/h8H,4-7,9H2,1-3H3,(H,15,16,17). The first-order valence-corrected chi connectivity index (χ1v) is 6.78. The zero-order chi connectivity index (χ0) is 13.2. The van der Waals surface area contributed by atoms with E-state index in [2.05, 4.69) is 34.2 Å². The van der Waals surface area contributed by atoms with Crippen molar-refractivity contribution in [2.45, 2.75) is 26.7 Å². The lowest BCUT2D eigenvalue weighted by atomic mass is 9.80. The van der Waals surface area contributed by atoms with Gasteiger partial charge in [-0.1, -0.05) is 6.92 Å². The topological polar surface area (TPSA) is 41.1 Å². The van der Waals surface area contributed by atoms with Gasteiger partial charge in [0.15, 0.2) is 0 Å². The number of halogens is 1. The van der Waals surface area contributed by atoms with Crippen molar-refractivity contribution in [3.05, 3.63) is 17.0 Å². The predicted molar refractivity (Wildman–Crippen MR) is 75.1 cm³/mol. The summed E-state index contributed by atoms with van der Waals surface area (Å²) in [4.78, 5) is 10.6. The number of anilines is 1. The summed E-state index contributed by atoms with van der Waals surface area (Å²) in [6.07, 6.45) is 4.19. The normalized spacial score (nSPS) is 19.8. The largest absolute Gasteiger partial charge is 0.369 e. The van der Waals surface area contributed by atoms with Crippen molar-refractivity contribution in [3.8, 4) is 0 Å². The van der Waals surface area contributed by atoms with Crippen LogP contribution in [-0.2, 0) is 0 Å². The van der Waals surface area contributed by atoms with Crippen molar-refractivity contribution in [2.24, 2.45) is 5.41 Å². The number of aromatic nitrogens is 2. The van der Waals surface area contributed by atoms with Crippen molar-refractivity contribution in [1.82, 2.24) is 14.9 Å². The highest BCUT2D eigenvalue weighted by Crippen LogP contribution is 2.30. The van der Waals surface area contributed by atoms with Crippen LogP contribution in [0.4, 0.5) is 5.82 Å². The third kappa shape index (κ3) is 3.33. The van der Waals surface area contributed by atoms with Gasteiger partial charge in [0.2, 0.25) is 5.28 Å². The smallest absolute Gasteiger partial charge is 0.224 e. The van der Waals surface area contributed by atoms with E-state index in [-0.39, 0.29) is 0 Å². The Bertz CT molecular complexity index is 413. The van der Waals surface area contributed by atoms with Crippen LogP contribution in [0.1, 0.15) is 25.3 Å². The quantitative estimate of drug-likeness (QED) is 0.856. The summed E-state index contributed by atoms with van der Waals surface area (Å²) >= 11 is 5.82. The Morgan fingerprint density at radius 1 is 1.44 bits per heavy atom. The molecule has 0 atom stereocenters. The van der Waals surface area contributed by atoms with Crippen LogP contribution in [0, 0.1) is 12.3 Å². The molecule has 1 aliphatic heterocycles. The average molecular weight is 269 g/mol. The number of aryl methyl sites for hydroxylation is 1. The first-order chi connectivity index (χ1) is 8.48. The molecule has 0 radical (unpaired) electrons. The van der Waals surface area contributed by atoms with E-state index < -0.39 is 0 Å². The monoisotopic (exact) mass is 268 g/mol. The Hall–Kier alpha value is -0.870. The van der Waals surface area contributed by atoms with Gasteiger partial charge in [-0.15, -0.1) is 0 Å². The maximum Gasteiger partial charge on any atom is 0.224 e. The van der Waals surface area contributed by atoms with Gasteiger partial charge in [0.1, 0.15) is 5.82 Å². The van der Waals surface area contributed by atoms with Gasteiger partial charge in [-0.2, -0.15) is 0 Å². The second-order valence-electron chi connectivity index (χ2n) is 5.64. The number of piperidine rings is 1. The predicted octanol–water partition coefficient (Wildman–Crippen LogP) is 2.58. The molecule has 0 aliphatic carbocycles. The Labute approximate surface area is 114 Å². The molecule has 0 bridgehead atoms. The molecule has 0 spiro atoms. The van der Waals surface area contributed by atoms with Crippen molar-refractivity contribution in [3.63, 3.8) is 0 Å². The SMILES string of the molecule is Cc1cnc(Cl)nc1NCC1(C)CCN(C)CC1. The minimum absolute atomic E-state index is 0.302. The molecule has 0 aromatic carbocycles. The number of rotatable bonds is 3. The first-order valence-electron chi connectivity index (χ1n) is 6.40. The Balaban J connectivity index is 1.96. The summed E-state index contributed by atoms with van der Waals surface area (Å²) in [5.74, 6) is 0.857. The van der Waals surface area contributed by atoms with Crippen molar-refractivity contribution in [1.29, 1.82) is 0 Å². The van der Waals surface area contributed by atoms with Crippen LogP contribution in [0.2, 0.25) is 5.28 Å². The van der Waals surface area contributed by atoms with Crippen LogP contribution in [0.3, 0.4) is 0 Å². The second-order valence-corrected chi connectivity index (χ2v) is 5.98. The maximum atomic E-state index is 5.82. The van der Waals surface area contributed by atoms with E-state index in [1.807, 2.05) is 6.92 Å². The molecular weight excluding hydrogens is 248 g/mol. The third-order valence-corrected chi connectivity index (χ3v) is 4.00. The fourth-order valence-electron chi connectivity index (χ4n) is 2.23. The fourth-order valence-corrected chi connectivity index (χ4v) is 2.37. The van der Waals surface area contributed by atoms with Gasteiger partial charge in [0, 0.05) is 18.3 Å². The Morgan fingerprint density at radius 3 is 2.78 bits per heavy atom. The van der Waals surface area contributed by atoms with E-state index in [1.165, 1.54) is 25.9 Å². The molecule has 5 heteroatoms. The molecule has 1 N–H and O–H groups in total. The summed E-state index contributed by atoms with van der Waals surface area (Å²) in [7, 11) is 2.18. The number of hydrogen-bond acceptors (Lipinski definition) is 4. The lowest BCUT2D eigenvalue weighted by molar-refractivity contribution is 0.150. The number of nitrogens with zero attached hydrogens (tertiary/aromatic N) is 3. The lowest BCUT2D eigenvalue weighted by Crippen LogP contribution is -2.40. The fraction of sp³-hybridized carbons (Fsp3) is 0.692. The highest BCUT2D eigenvalue weighted by atomic mass is 35.5. The summed E-state index contributed by atoms with van der Waals surface area (Å²) < 4.78 is 0. The highest BCUT2D eigenvalue weighted by Gasteiger charge is 2.28. The van der Waals surface area contributed by atoms with Gasteiger partial charge < -0.3 is 10.2 Å². The molecule has 100 valence electrons. The lowest BCUT2D eigenvalue weighted by Gasteiger charge is -2.38. The molecule has 1 aliphatic rings. The van der Waals surface area contributed by atoms with Crippen LogP contribution in [0.25, 0.3) is 0 Å². The van der Waals surface area contributed by atoms with Gasteiger partial charge in [0.05, 0.1) is 0 Å². The molecule has 1 saturated heterocycles.